The van der Waals surface area contributed by atoms with Gasteiger partial charge in [0.25, 0.3) is 0 Å². The van der Waals surface area contributed by atoms with Gasteiger partial charge in [0.2, 0.25) is 0 Å². The third-order valence-electron chi connectivity index (χ3n) is 4.10. The monoisotopic (exact) mass is 254 g/mol. The lowest BCUT2D eigenvalue weighted by Crippen LogP contribution is -2.52. The lowest BCUT2D eigenvalue weighted by molar-refractivity contribution is -0.126. The van der Waals surface area contributed by atoms with Gasteiger partial charge in [-0.1, -0.05) is 0 Å². The number of hydrogen-bond acceptors (Lipinski definition) is 4. The highest BCUT2D eigenvalue weighted by Crippen LogP contribution is 2.45. The third-order valence-corrected chi connectivity index (χ3v) is 4.10. The van der Waals surface area contributed by atoms with Crippen LogP contribution in [-0.2, 0) is 10.3 Å². The normalized spacial score (nSPS) is 22.4. The van der Waals surface area contributed by atoms with Crippen molar-refractivity contribution in [3.63, 3.8) is 0 Å². The minimum Gasteiger partial charge on any atom is -0.383 e. The van der Waals surface area contributed by atoms with Crippen LogP contribution in [0.25, 0.3) is 0 Å². The van der Waals surface area contributed by atoms with E-state index in [0.29, 0.717) is 38.3 Å². The first kappa shape index (κ1) is 13.4. The van der Waals surface area contributed by atoms with Gasteiger partial charge in [-0.25, -0.2) is 4.39 Å². The largest absolute Gasteiger partial charge is 0.383 e. The van der Waals surface area contributed by atoms with E-state index in [1.807, 2.05) is 0 Å². The van der Waals surface area contributed by atoms with Crippen LogP contribution in [0.4, 0.5) is 4.39 Å². The van der Waals surface area contributed by atoms with E-state index < -0.39 is 16.8 Å². The summed E-state index contributed by atoms with van der Waals surface area (Å²) >= 11 is 0. The molecule has 0 aromatic carbocycles. The van der Waals surface area contributed by atoms with Crippen molar-refractivity contribution >= 4 is 0 Å². The van der Waals surface area contributed by atoms with Crippen LogP contribution < -0.4 is 5.73 Å². The molecule has 4 nitrogen and oxygen atoms in total. The molecule has 3 N–H and O–H groups in total. The van der Waals surface area contributed by atoms with Crippen LogP contribution in [0.3, 0.4) is 0 Å². The molecule has 100 valence electrons. The zero-order chi connectivity index (χ0) is 13.2. The maximum atomic E-state index is 12.9. The van der Waals surface area contributed by atoms with Crippen molar-refractivity contribution in [1.29, 1.82) is 0 Å². The number of ether oxygens (including phenoxy) is 1. The molecule has 0 bridgehead atoms. The minimum absolute atomic E-state index is 0.350. The predicted octanol–water partition coefficient (Wildman–Crippen LogP) is 1.18. The molecule has 2 rings (SSSR count). The van der Waals surface area contributed by atoms with Crippen LogP contribution in [-0.4, -0.2) is 29.8 Å². The van der Waals surface area contributed by atoms with Gasteiger partial charge in [0.15, 0.2) is 0 Å². The van der Waals surface area contributed by atoms with E-state index >= 15 is 0 Å². The predicted molar refractivity (Wildman–Crippen MR) is 65.3 cm³/mol. The van der Waals surface area contributed by atoms with E-state index in [9.17, 15) is 9.50 Å². The first-order chi connectivity index (χ1) is 8.52. The van der Waals surface area contributed by atoms with Gasteiger partial charge in [-0.3, -0.25) is 4.98 Å². The molecule has 1 aromatic heterocycles. The molecule has 0 spiro atoms. The summed E-state index contributed by atoms with van der Waals surface area (Å²) in [7, 11) is 0. The molecule has 0 radical (unpaired) electrons. The Balaban J connectivity index is 2.35. The van der Waals surface area contributed by atoms with Gasteiger partial charge in [-0.2, -0.15) is 0 Å². The zero-order valence-corrected chi connectivity index (χ0v) is 10.5. The van der Waals surface area contributed by atoms with Gasteiger partial charge in [-0.05, 0) is 31.9 Å². The average molecular weight is 254 g/mol. The van der Waals surface area contributed by atoms with Crippen LogP contribution in [0, 0.1) is 11.2 Å². The summed E-state index contributed by atoms with van der Waals surface area (Å²) in [6, 6.07) is 2.82. The lowest BCUT2D eigenvalue weighted by Gasteiger charge is -2.46. The van der Waals surface area contributed by atoms with E-state index in [4.69, 9.17) is 10.5 Å². The van der Waals surface area contributed by atoms with E-state index in [1.54, 1.807) is 6.92 Å². The summed E-state index contributed by atoms with van der Waals surface area (Å²) < 4.78 is 18.2. The van der Waals surface area contributed by atoms with Crippen molar-refractivity contribution in [2.45, 2.75) is 25.4 Å². The quantitative estimate of drug-likeness (QED) is 0.850. The number of aromatic nitrogens is 1. The fourth-order valence-electron chi connectivity index (χ4n) is 2.59. The highest BCUT2D eigenvalue weighted by molar-refractivity contribution is 5.18. The first-order valence-electron chi connectivity index (χ1n) is 6.14. The molecule has 1 aliphatic heterocycles. The molecule has 1 saturated heterocycles. The second kappa shape index (κ2) is 4.91. The maximum Gasteiger partial charge on any atom is 0.141 e. The maximum absolute atomic E-state index is 12.9. The highest BCUT2D eigenvalue weighted by atomic mass is 19.1. The van der Waals surface area contributed by atoms with Crippen LogP contribution >= 0.6 is 0 Å². The first-order valence-corrected chi connectivity index (χ1v) is 6.14. The van der Waals surface area contributed by atoms with Gasteiger partial charge in [0, 0.05) is 25.2 Å². The summed E-state index contributed by atoms with van der Waals surface area (Å²) in [6.07, 6.45) is 2.47. The number of pyridine rings is 1. The Kier molecular flexibility index (Phi) is 3.66. The van der Waals surface area contributed by atoms with Crippen molar-refractivity contribution in [2.75, 3.05) is 19.8 Å². The van der Waals surface area contributed by atoms with Gasteiger partial charge in [0.1, 0.15) is 11.4 Å². The lowest BCUT2D eigenvalue weighted by atomic mass is 9.66. The van der Waals surface area contributed by atoms with Gasteiger partial charge in [-0.15, -0.1) is 0 Å². The Morgan fingerprint density at radius 1 is 1.50 bits per heavy atom. The fraction of sp³-hybridized carbons (Fsp3) is 0.615. The Morgan fingerprint density at radius 3 is 2.67 bits per heavy atom. The zero-order valence-electron chi connectivity index (χ0n) is 10.5. The Bertz CT molecular complexity index is 400. The second-order valence-corrected chi connectivity index (χ2v) is 5.03. The smallest absolute Gasteiger partial charge is 0.141 e. The highest BCUT2D eigenvalue weighted by Gasteiger charge is 2.48. The number of halogens is 1. The summed E-state index contributed by atoms with van der Waals surface area (Å²) in [5.41, 5.74) is 4.69. The number of rotatable bonds is 3. The van der Waals surface area contributed by atoms with Crippen molar-refractivity contribution < 1.29 is 14.2 Å². The molecular formula is C13H19FN2O2. The number of aliphatic hydroxyl groups is 1. The van der Waals surface area contributed by atoms with Crippen molar-refractivity contribution in [1.82, 2.24) is 4.98 Å². The Morgan fingerprint density at radius 2 is 2.17 bits per heavy atom. The Hall–Kier alpha value is -1.04. The molecule has 1 aromatic rings. The molecule has 1 unspecified atom stereocenters. The Labute approximate surface area is 106 Å². The number of nitrogens with zero attached hydrogens (tertiary/aromatic N) is 1. The van der Waals surface area contributed by atoms with Crippen LogP contribution in [0.15, 0.2) is 18.3 Å². The van der Waals surface area contributed by atoms with Crippen molar-refractivity contribution in [3.05, 3.63) is 29.8 Å². The van der Waals surface area contributed by atoms with Gasteiger partial charge >= 0.3 is 0 Å². The van der Waals surface area contributed by atoms with Crippen LogP contribution in [0.2, 0.25) is 0 Å². The standard InChI is InChI=1S/C13H19FN2O2/c1-12(17,11-3-2-10(14)8-16-11)13(9-15)4-6-18-7-5-13/h2-3,8,17H,4-7,9,15H2,1H3. The topological polar surface area (TPSA) is 68.4 Å². The van der Waals surface area contributed by atoms with E-state index in [0.717, 1.165) is 6.20 Å². The summed E-state index contributed by atoms with van der Waals surface area (Å²) in [5, 5.41) is 10.8. The third kappa shape index (κ3) is 2.13. The molecule has 2 heterocycles. The SMILES string of the molecule is CC(O)(c1ccc(F)cn1)C1(CN)CCOCC1. The fourth-order valence-corrected chi connectivity index (χ4v) is 2.59. The summed E-state index contributed by atoms with van der Waals surface area (Å²) in [4.78, 5) is 4.00. The molecule has 0 saturated carbocycles. The van der Waals surface area contributed by atoms with Crippen LogP contribution in [0.5, 0.6) is 0 Å². The molecule has 1 atom stereocenters. The van der Waals surface area contributed by atoms with Gasteiger partial charge in [0.05, 0.1) is 11.9 Å². The van der Waals surface area contributed by atoms with Crippen LogP contribution in [0.1, 0.15) is 25.5 Å². The molecule has 0 aliphatic carbocycles. The molecule has 1 aliphatic rings. The average Bonchev–Trinajstić information content (AvgIpc) is 2.40. The van der Waals surface area contributed by atoms with Crippen molar-refractivity contribution in [2.24, 2.45) is 11.1 Å². The summed E-state index contributed by atoms with van der Waals surface area (Å²) in [6.45, 7) is 3.21. The summed E-state index contributed by atoms with van der Waals surface area (Å²) in [5.74, 6) is -0.414. The minimum atomic E-state index is -1.18. The van der Waals surface area contributed by atoms with E-state index in [1.165, 1.54) is 12.1 Å². The molecule has 18 heavy (non-hydrogen) atoms. The van der Waals surface area contributed by atoms with Gasteiger partial charge < -0.3 is 15.6 Å². The van der Waals surface area contributed by atoms with E-state index in [2.05, 4.69) is 4.98 Å². The number of nitrogens with two attached hydrogens (primary N) is 1. The molecule has 5 heteroatoms. The van der Waals surface area contributed by atoms with E-state index in [-0.39, 0.29) is 0 Å². The molecular weight excluding hydrogens is 235 g/mol. The van der Waals surface area contributed by atoms with Crippen molar-refractivity contribution in [3.8, 4) is 0 Å². The molecule has 0 amide bonds. The molecule has 1 fully saturated rings. The number of hydrogen-bond donors (Lipinski definition) is 2. The second-order valence-electron chi connectivity index (χ2n) is 5.03.